The van der Waals surface area contributed by atoms with Crippen molar-refractivity contribution in [1.82, 2.24) is 0 Å². The van der Waals surface area contributed by atoms with Crippen LogP contribution in [0, 0.1) is 6.07 Å². The van der Waals surface area contributed by atoms with E-state index in [1.165, 1.54) is 11.8 Å². The summed E-state index contributed by atoms with van der Waals surface area (Å²) in [6, 6.07) is 16.0. The number of benzene rings is 2. The summed E-state index contributed by atoms with van der Waals surface area (Å²) >= 11 is 0. The standard InChI is InChI=1S/C17H18NO2/c19-15-6-7-16(17(20)12-15)13-8-10-18(11-9-13)14-4-2-1-3-5-14/h1-2,4-7,12-13,19-20H,8-11H2. The zero-order chi connectivity index (χ0) is 13.9. The topological polar surface area (TPSA) is 43.7 Å². The van der Waals surface area contributed by atoms with E-state index in [4.69, 9.17) is 0 Å². The molecule has 0 bridgehead atoms. The van der Waals surface area contributed by atoms with Gasteiger partial charge < -0.3 is 15.1 Å². The summed E-state index contributed by atoms with van der Waals surface area (Å²) in [6.07, 6.45) is 2.01. The van der Waals surface area contributed by atoms with Crippen molar-refractivity contribution in [2.24, 2.45) is 0 Å². The van der Waals surface area contributed by atoms with E-state index < -0.39 is 0 Å². The van der Waals surface area contributed by atoms with Crippen molar-refractivity contribution in [1.29, 1.82) is 0 Å². The van der Waals surface area contributed by atoms with Crippen LogP contribution in [0.2, 0.25) is 0 Å². The van der Waals surface area contributed by atoms with E-state index in [1.807, 2.05) is 24.3 Å². The summed E-state index contributed by atoms with van der Waals surface area (Å²) in [5, 5.41) is 19.3. The molecule has 3 heteroatoms. The summed E-state index contributed by atoms with van der Waals surface area (Å²) in [5.74, 6) is 0.680. The molecule has 1 heterocycles. The zero-order valence-corrected chi connectivity index (χ0v) is 11.3. The lowest BCUT2D eigenvalue weighted by molar-refractivity contribution is 0.428. The van der Waals surface area contributed by atoms with Gasteiger partial charge >= 0.3 is 0 Å². The van der Waals surface area contributed by atoms with Gasteiger partial charge in [0.05, 0.1) is 0 Å². The summed E-state index contributed by atoms with van der Waals surface area (Å²) in [5.41, 5.74) is 2.16. The van der Waals surface area contributed by atoms with Crippen molar-refractivity contribution in [2.75, 3.05) is 18.0 Å². The molecule has 0 spiro atoms. The van der Waals surface area contributed by atoms with Crippen molar-refractivity contribution in [3.63, 3.8) is 0 Å². The monoisotopic (exact) mass is 268 g/mol. The molecule has 103 valence electrons. The van der Waals surface area contributed by atoms with E-state index in [1.54, 1.807) is 6.07 Å². The lowest BCUT2D eigenvalue weighted by Gasteiger charge is -2.34. The molecule has 1 aliphatic heterocycles. The maximum absolute atomic E-state index is 9.95. The largest absolute Gasteiger partial charge is 0.508 e. The fourth-order valence-electron chi connectivity index (χ4n) is 2.91. The van der Waals surface area contributed by atoms with Gasteiger partial charge in [-0.25, -0.2) is 0 Å². The third-order valence-electron chi connectivity index (χ3n) is 4.00. The van der Waals surface area contributed by atoms with Crippen LogP contribution in [-0.4, -0.2) is 23.3 Å². The van der Waals surface area contributed by atoms with Crippen LogP contribution in [0.15, 0.2) is 42.5 Å². The Morgan fingerprint density at radius 2 is 1.90 bits per heavy atom. The van der Waals surface area contributed by atoms with E-state index >= 15 is 0 Å². The van der Waals surface area contributed by atoms with Crippen LogP contribution >= 0.6 is 0 Å². The Hall–Kier alpha value is -2.16. The molecule has 2 aromatic rings. The van der Waals surface area contributed by atoms with E-state index in [0.717, 1.165) is 31.5 Å². The van der Waals surface area contributed by atoms with E-state index in [-0.39, 0.29) is 11.5 Å². The van der Waals surface area contributed by atoms with E-state index in [0.29, 0.717) is 5.92 Å². The zero-order valence-electron chi connectivity index (χ0n) is 11.3. The van der Waals surface area contributed by atoms with Gasteiger partial charge in [-0.05, 0) is 48.6 Å². The number of aromatic hydroxyl groups is 2. The minimum atomic E-state index is 0.114. The predicted octanol–water partition coefficient (Wildman–Crippen LogP) is 3.28. The van der Waals surface area contributed by atoms with Crippen molar-refractivity contribution < 1.29 is 10.2 Å². The average molecular weight is 268 g/mol. The second-order valence-corrected chi connectivity index (χ2v) is 5.27. The number of nitrogens with zero attached hydrogens (tertiary/aromatic N) is 1. The molecule has 0 atom stereocenters. The Kier molecular flexibility index (Phi) is 3.50. The first-order valence-corrected chi connectivity index (χ1v) is 6.97. The quantitative estimate of drug-likeness (QED) is 0.878. The lowest BCUT2D eigenvalue weighted by Crippen LogP contribution is -2.32. The first kappa shape index (κ1) is 12.9. The minimum Gasteiger partial charge on any atom is -0.508 e. The summed E-state index contributed by atoms with van der Waals surface area (Å²) in [6.45, 7) is 1.95. The number of hydrogen-bond donors (Lipinski definition) is 2. The van der Waals surface area contributed by atoms with Crippen LogP contribution in [0.3, 0.4) is 0 Å². The number of hydrogen-bond acceptors (Lipinski definition) is 3. The first-order valence-electron chi connectivity index (χ1n) is 6.97. The van der Waals surface area contributed by atoms with Crippen LogP contribution in [0.4, 0.5) is 5.69 Å². The second kappa shape index (κ2) is 5.45. The number of rotatable bonds is 2. The fourth-order valence-corrected chi connectivity index (χ4v) is 2.91. The van der Waals surface area contributed by atoms with Crippen molar-refractivity contribution in [2.45, 2.75) is 18.8 Å². The highest BCUT2D eigenvalue weighted by atomic mass is 16.3. The molecule has 1 fully saturated rings. The minimum absolute atomic E-state index is 0.114. The third kappa shape index (κ3) is 2.57. The number of anilines is 1. The average Bonchev–Trinajstić information content (AvgIpc) is 2.48. The van der Waals surface area contributed by atoms with Gasteiger partial charge in [-0.3, -0.25) is 0 Å². The maximum Gasteiger partial charge on any atom is 0.122 e. The molecule has 0 aliphatic carbocycles. The normalized spacial score (nSPS) is 16.3. The van der Waals surface area contributed by atoms with Gasteiger partial charge in [-0.15, -0.1) is 0 Å². The molecule has 3 rings (SSSR count). The molecule has 0 unspecified atom stereocenters. The van der Waals surface area contributed by atoms with Crippen LogP contribution in [-0.2, 0) is 0 Å². The molecular weight excluding hydrogens is 250 g/mol. The fraction of sp³-hybridized carbons (Fsp3) is 0.294. The Balaban J connectivity index is 1.69. The summed E-state index contributed by atoms with van der Waals surface area (Å²) < 4.78 is 0. The molecule has 0 saturated carbocycles. The van der Waals surface area contributed by atoms with Crippen LogP contribution in [0.5, 0.6) is 11.5 Å². The SMILES string of the molecule is Oc1ccc(C2CCN(c3c[c]ccc3)CC2)c(O)c1. The highest BCUT2D eigenvalue weighted by Crippen LogP contribution is 2.36. The third-order valence-corrected chi connectivity index (χ3v) is 4.00. The van der Waals surface area contributed by atoms with Crippen molar-refractivity contribution in [3.05, 3.63) is 54.1 Å². The number of piperidine rings is 1. The van der Waals surface area contributed by atoms with Gasteiger partial charge in [0.15, 0.2) is 0 Å². The van der Waals surface area contributed by atoms with Gasteiger partial charge in [0, 0.05) is 24.8 Å². The smallest absolute Gasteiger partial charge is 0.122 e. The summed E-state index contributed by atoms with van der Waals surface area (Å²) in [4.78, 5) is 2.35. The Bertz CT molecular complexity index is 575. The van der Waals surface area contributed by atoms with Crippen LogP contribution in [0.1, 0.15) is 24.3 Å². The molecule has 2 aromatic carbocycles. The van der Waals surface area contributed by atoms with Gasteiger partial charge in [-0.1, -0.05) is 18.2 Å². The molecule has 1 aliphatic rings. The molecule has 0 aromatic heterocycles. The first-order chi connectivity index (χ1) is 9.74. The van der Waals surface area contributed by atoms with E-state index in [9.17, 15) is 10.2 Å². The van der Waals surface area contributed by atoms with Crippen LogP contribution in [0.25, 0.3) is 0 Å². The maximum atomic E-state index is 9.95. The predicted molar refractivity (Wildman–Crippen MR) is 79.2 cm³/mol. The molecule has 20 heavy (non-hydrogen) atoms. The van der Waals surface area contributed by atoms with Crippen molar-refractivity contribution in [3.8, 4) is 11.5 Å². The highest BCUT2D eigenvalue weighted by Gasteiger charge is 2.22. The van der Waals surface area contributed by atoms with Gasteiger partial charge in [0.1, 0.15) is 11.5 Å². The van der Waals surface area contributed by atoms with Crippen molar-refractivity contribution >= 4 is 5.69 Å². The number of phenolic OH excluding ortho intramolecular Hbond substituents is 2. The number of phenols is 2. The van der Waals surface area contributed by atoms with Gasteiger partial charge in [0.2, 0.25) is 0 Å². The van der Waals surface area contributed by atoms with Gasteiger partial charge in [0.25, 0.3) is 0 Å². The Morgan fingerprint density at radius 1 is 1.10 bits per heavy atom. The molecule has 3 nitrogen and oxygen atoms in total. The van der Waals surface area contributed by atoms with E-state index in [2.05, 4.69) is 17.0 Å². The molecule has 2 N–H and O–H groups in total. The highest BCUT2D eigenvalue weighted by molar-refractivity contribution is 5.47. The molecule has 1 radical (unpaired) electrons. The molecule has 0 amide bonds. The Labute approximate surface area is 119 Å². The van der Waals surface area contributed by atoms with Crippen LogP contribution < -0.4 is 4.90 Å². The second-order valence-electron chi connectivity index (χ2n) is 5.27. The molecule has 1 saturated heterocycles. The summed E-state index contributed by atoms with van der Waals surface area (Å²) in [7, 11) is 0. The van der Waals surface area contributed by atoms with Gasteiger partial charge in [-0.2, -0.15) is 0 Å². The lowest BCUT2D eigenvalue weighted by atomic mass is 9.88. The Morgan fingerprint density at radius 3 is 2.55 bits per heavy atom. The molecular formula is C17H18NO2.